The fourth-order valence-corrected chi connectivity index (χ4v) is 2.60. The molecule has 0 bridgehead atoms. The van der Waals surface area contributed by atoms with Crippen LogP contribution >= 0.6 is 0 Å². The van der Waals surface area contributed by atoms with E-state index in [1.165, 1.54) is 0 Å². The maximum atomic E-state index is 11.9. The topological polar surface area (TPSA) is 49.4 Å². The summed E-state index contributed by atoms with van der Waals surface area (Å²) in [6, 6.07) is 0.146. The molecule has 90 valence electrons. The Balaban J connectivity index is 2.08. The quantitative estimate of drug-likeness (QED) is 0.677. The monoisotopic (exact) mass is 224 g/mol. The summed E-state index contributed by atoms with van der Waals surface area (Å²) in [6.45, 7) is 1.93. The summed E-state index contributed by atoms with van der Waals surface area (Å²) in [6.07, 6.45) is 5.77. The summed E-state index contributed by atoms with van der Waals surface area (Å²) in [5, 5.41) is 3.31. The van der Waals surface area contributed by atoms with Gasteiger partial charge in [-0.2, -0.15) is 0 Å². The minimum Gasteiger partial charge on any atom is -0.317 e. The number of hydrogen-bond donors (Lipinski definition) is 1. The Kier molecular flexibility index (Phi) is 3.93. The van der Waals surface area contributed by atoms with E-state index in [0.717, 1.165) is 45.2 Å². The van der Waals surface area contributed by atoms with Crippen molar-refractivity contribution in [3.05, 3.63) is 0 Å². The number of hydrogen-bond acceptors (Lipinski definition) is 3. The molecule has 2 rings (SSSR count). The fourth-order valence-electron chi connectivity index (χ4n) is 2.60. The molecule has 0 saturated carbocycles. The van der Waals surface area contributed by atoms with Gasteiger partial charge in [-0.3, -0.25) is 14.5 Å². The van der Waals surface area contributed by atoms with Gasteiger partial charge >= 0.3 is 0 Å². The van der Waals surface area contributed by atoms with Crippen molar-refractivity contribution in [2.24, 2.45) is 0 Å². The van der Waals surface area contributed by atoms with Gasteiger partial charge in [0, 0.05) is 18.9 Å². The molecule has 0 aromatic heterocycles. The summed E-state index contributed by atoms with van der Waals surface area (Å²) in [5.41, 5.74) is 0. The Bertz CT molecular complexity index is 252. The van der Waals surface area contributed by atoms with Crippen LogP contribution in [0.25, 0.3) is 0 Å². The van der Waals surface area contributed by atoms with Gasteiger partial charge in [0.15, 0.2) is 0 Å². The zero-order valence-corrected chi connectivity index (χ0v) is 9.71. The second-order valence-electron chi connectivity index (χ2n) is 4.70. The van der Waals surface area contributed by atoms with Gasteiger partial charge in [0.05, 0.1) is 0 Å². The third kappa shape index (κ3) is 2.61. The smallest absolute Gasteiger partial charge is 0.229 e. The molecule has 2 saturated heterocycles. The maximum Gasteiger partial charge on any atom is 0.229 e. The molecule has 2 fully saturated rings. The summed E-state index contributed by atoms with van der Waals surface area (Å²) in [4.78, 5) is 25.4. The number of carbonyl (C=O) groups excluding carboxylic acids is 2. The van der Waals surface area contributed by atoms with Gasteiger partial charge in [-0.1, -0.05) is 0 Å². The lowest BCUT2D eigenvalue weighted by molar-refractivity contribution is -0.146. The van der Waals surface area contributed by atoms with Crippen LogP contribution in [0.15, 0.2) is 0 Å². The van der Waals surface area contributed by atoms with Crippen LogP contribution in [0.3, 0.4) is 0 Å². The van der Waals surface area contributed by atoms with Crippen LogP contribution in [-0.4, -0.2) is 35.8 Å². The SMILES string of the molecule is O=C1CCCCC(=O)N1C1CCCNCC1. The largest absolute Gasteiger partial charge is 0.317 e. The number of carbonyl (C=O) groups is 2. The molecule has 2 amide bonds. The predicted molar refractivity (Wildman–Crippen MR) is 60.8 cm³/mol. The maximum absolute atomic E-state index is 11.9. The first-order valence-electron chi connectivity index (χ1n) is 6.34. The van der Waals surface area contributed by atoms with Gasteiger partial charge < -0.3 is 5.32 Å². The second kappa shape index (κ2) is 5.43. The van der Waals surface area contributed by atoms with Crippen LogP contribution in [0.2, 0.25) is 0 Å². The van der Waals surface area contributed by atoms with E-state index in [0.29, 0.717) is 12.8 Å². The number of nitrogens with zero attached hydrogens (tertiary/aromatic N) is 1. The summed E-state index contributed by atoms with van der Waals surface area (Å²) < 4.78 is 0. The molecular weight excluding hydrogens is 204 g/mol. The first-order chi connectivity index (χ1) is 7.79. The first kappa shape index (κ1) is 11.6. The van der Waals surface area contributed by atoms with Crippen molar-refractivity contribution in [3.8, 4) is 0 Å². The Morgan fingerprint density at radius 3 is 2.31 bits per heavy atom. The van der Waals surface area contributed by atoms with E-state index < -0.39 is 0 Å². The molecule has 4 nitrogen and oxygen atoms in total. The van der Waals surface area contributed by atoms with Crippen LogP contribution in [-0.2, 0) is 9.59 Å². The Hall–Kier alpha value is -0.900. The molecule has 0 aliphatic carbocycles. The lowest BCUT2D eigenvalue weighted by atomic mass is 10.1. The lowest BCUT2D eigenvalue weighted by Gasteiger charge is -2.28. The van der Waals surface area contributed by atoms with Crippen LogP contribution in [0.5, 0.6) is 0 Å². The molecule has 0 aromatic rings. The molecule has 1 unspecified atom stereocenters. The van der Waals surface area contributed by atoms with Crippen LogP contribution < -0.4 is 5.32 Å². The van der Waals surface area contributed by atoms with Crippen molar-refractivity contribution in [3.63, 3.8) is 0 Å². The van der Waals surface area contributed by atoms with E-state index in [4.69, 9.17) is 0 Å². The molecule has 0 spiro atoms. The van der Waals surface area contributed by atoms with Crippen molar-refractivity contribution in [1.29, 1.82) is 0 Å². The third-order valence-corrected chi connectivity index (χ3v) is 3.48. The van der Waals surface area contributed by atoms with Gasteiger partial charge in [0.1, 0.15) is 0 Å². The molecule has 0 radical (unpaired) electrons. The standard InChI is InChI=1S/C12H20N2O2/c15-11-5-1-2-6-12(16)14(11)10-4-3-8-13-9-7-10/h10,13H,1-9H2. The molecule has 16 heavy (non-hydrogen) atoms. The minimum absolute atomic E-state index is 0.0504. The van der Waals surface area contributed by atoms with Gasteiger partial charge in [0.25, 0.3) is 0 Å². The van der Waals surface area contributed by atoms with Gasteiger partial charge in [0.2, 0.25) is 11.8 Å². The number of nitrogens with one attached hydrogen (secondary N) is 1. The molecule has 2 aliphatic rings. The average Bonchev–Trinajstić information content (AvgIpc) is 2.60. The molecule has 2 aliphatic heterocycles. The lowest BCUT2D eigenvalue weighted by Crippen LogP contribution is -2.43. The highest BCUT2D eigenvalue weighted by atomic mass is 16.2. The zero-order valence-electron chi connectivity index (χ0n) is 9.71. The van der Waals surface area contributed by atoms with E-state index in [1.54, 1.807) is 4.90 Å². The molecule has 1 atom stereocenters. The number of rotatable bonds is 1. The van der Waals surface area contributed by atoms with E-state index in [2.05, 4.69) is 5.32 Å². The molecule has 0 aromatic carbocycles. The number of likely N-dealkylation sites (tertiary alicyclic amines) is 1. The Labute approximate surface area is 96.4 Å². The van der Waals surface area contributed by atoms with Gasteiger partial charge in [-0.25, -0.2) is 0 Å². The van der Waals surface area contributed by atoms with Crippen molar-refractivity contribution < 1.29 is 9.59 Å². The highest BCUT2D eigenvalue weighted by Crippen LogP contribution is 2.20. The molecule has 1 N–H and O–H groups in total. The van der Waals surface area contributed by atoms with Crippen molar-refractivity contribution in [2.75, 3.05) is 13.1 Å². The highest BCUT2D eigenvalue weighted by Gasteiger charge is 2.30. The van der Waals surface area contributed by atoms with Crippen LogP contribution in [0, 0.1) is 0 Å². The van der Waals surface area contributed by atoms with E-state index >= 15 is 0 Å². The number of amides is 2. The third-order valence-electron chi connectivity index (χ3n) is 3.48. The normalized spacial score (nSPS) is 28.8. The molecular formula is C12H20N2O2. The van der Waals surface area contributed by atoms with Gasteiger partial charge in [-0.15, -0.1) is 0 Å². The zero-order chi connectivity index (χ0) is 11.4. The second-order valence-corrected chi connectivity index (χ2v) is 4.70. The summed E-state index contributed by atoms with van der Waals surface area (Å²) in [7, 11) is 0. The van der Waals surface area contributed by atoms with Crippen LogP contribution in [0.1, 0.15) is 44.9 Å². The summed E-state index contributed by atoms with van der Waals surface area (Å²) >= 11 is 0. The highest BCUT2D eigenvalue weighted by molar-refractivity contribution is 5.96. The number of imide groups is 1. The first-order valence-corrected chi connectivity index (χ1v) is 6.34. The fraction of sp³-hybridized carbons (Fsp3) is 0.833. The van der Waals surface area contributed by atoms with E-state index in [-0.39, 0.29) is 17.9 Å². The minimum atomic E-state index is 0.0504. The van der Waals surface area contributed by atoms with Crippen molar-refractivity contribution in [2.45, 2.75) is 51.0 Å². The predicted octanol–water partition coefficient (Wildman–Crippen LogP) is 1.06. The van der Waals surface area contributed by atoms with Crippen molar-refractivity contribution in [1.82, 2.24) is 10.2 Å². The molecule has 2 heterocycles. The van der Waals surface area contributed by atoms with E-state index in [9.17, 15) is 9.59 Å². The van der Waals surface area contributed by atoms with Crippen LogP contribution in [0.4, 0.5) is 0 Å². The molecule has 4 heteroatoms. The van der Waals surface area contributed by atoms with E-state index in [1.807, 2.05) is 0 Å². The Morgan fingerprint density at radius 2 is 1.62 bits per heavy atom. The average molecular weight is 224 g/mol. The summed E-state index contributed by atoms with van der Waals surface area (Å²) in [5.74, 6) is 0.101. The Morgan fingerprint density at radius 1 is 0.938 bits per heavy atom. The van der Waals surface area contributed by atoms with Gasteiger partial charge in [-0.05, 0) is 45.2 Å². The van der Waals surface area contributed by atoms with Crippen molar-refractivity contribution >= 4 is 11.8 Å².